The number of hydrogen-bond donors (Lipinski definition) is 0. The van der Waals surface area contributed by atoms with Crippen molar-refractivity contribution in [3.05, 3.63) is 218 Å². The summed E-state index contributed by atoms with van der Waals surface area (Å²) in [5, 5.41) is 0. The van der Waals surface area contributed by atoms with Crippen LogP contribution in [0.3, 0.4) is 0 Å². The Bertz CT molecular complexity index is 3140. The molecule has 0 saturated carbocycles. The Labute approximate surface area is 411 Å². The molecule has 3 aliphatic rings. The van der Waals surface area contributed by atoms with Crippen molar-refractivity contribution in [3.63, 3.8) is 0 Å². The summed E-state index contributed by atoms with van der Waals surface area (Å²) in [6.07, 6.45) is 0. The fraction of sp³-hybridized carbons (Fsp3) is 0. The van der Waals surface area contributed by atoms with Crippen LogP contribution in [0.4, 0.5) is 0 Å². The van der Waals surface area contributed by atoms with Gasteiger partial charge in [0.25, 0.3) is 0 Å². The van der Waals surface area contributed by atoms with E-state index in [0.29, 0.717) is 0 Å². The van der Waals surface area contributed by atoms with Crippen LogP contribution in [0.25, 0.3) is 66.8 Å². The van der Waals surface area contributed by atoms with Gasteiger partial charge < -0.3 is 0 Å². The van der Waals surface area contributed by atoms with Gasteiger partial charge in [0.2, 0.25) is 0 Å². The van der Waals surface area contributed by atoms with Gasteiger partial charge >= 0.3 is 0 Å². The first-order chi connectivity index (χ1) is 32.6. The standard InChI is InChI=1S/C60H36S6/c1-4-16-52-49(13-1)61-55-19-7-10-46(58(55)64-52)40-28-22-37(23-29-40)43-34-44(38-24-30-41(31-25-38)47-11-8-20-56-59(47)65-53-17-5-2-14-50(53)62-56)36-45(35-43)39-26-32-42(33-27-39)48-12-9-21-57-60(48)66-54-18-6-3-15-51(54)63-57/h1-36H. The van der Waals surface area contributed by atoms with Gasteiger partial charge in [-0.3, -0.25) is 0 Å². The summed E-state index contributed by atoms with van der Waals surface area (Å²) in [4.78, 5) is 15.9. The van der Waals surface area contributed by atoms with Crippen molar-refractivity contribution in [1.29, 1.82) is 0 Å². The topological polar surface area (TPSA) is 0 Å². The van der Waals surface area contributed by atoms with Crippen LogP contribution in [-0.2, 0) is 0 Å². The smallest absolute Gasteiger partial charge is 0.0340 e. The van der Waals surface area contributed by atoms with E-state index in [1.165, 1.54) is 126 Å². The maximum Gasteiger partial charge on any atom is 0.0340 e. The van der Waals surface area contributed by atoms with E-state index in [0.717, 1.165) is 0 Å². The highest BCUT2D eigenvalue weighted by molar-refractivity contribution is 8.06. The van der Waals surface area contributed by atoms with Gasteiger partial charge in [0, 0.05) is 58.7 Å². The molecule has 0 bridgehead atoms. The Balaban J connectivity index is 0.862. The van der Waals surface area contributed by atoms with Crippen molar-refractivity contribution in [1.82, 2.24) is 0 Å². The zero-order valence-corrected chi connectivity index (χ0v) is 40.1. The van der Waals surface area contributed by atoms with Crippen LogP contribution in [0.2, 0.25) is 0 Å². The molecule has 0 atom stereocenters. The van der Waals surface area contributed by atoms with Crippen LogP contribution >= 0.6 is 70.6 Å². The quantitative estimate of drug-likeness (QED) is 0.162. The van der Waals surface area contributed by atoms with Gasteiger partial charge in [0.05, 0.1) is 0 Å². The molecule has 10 aromatic carbocycles. The first kappa shape index (κ1) is 40.6. The summed E-state index contributed by atoms with van der Waals surface area (Å²) < 4.78 is 0. The second kappa shape index (κ2) is 17.2. The van der Waals surface area contributed by atoms with E-state index in [1.807, 2.05) is 70.6 Å². The van der Waals surface area contributed by atoms with E-state index >= 15 is 0 Å². The van der Waals surface area contributed by atoms with Gasteiger partial charge in [-0.25, -0.2) is 0 Å². The molecule has 66 heavy (non-hydrogen) atoms. The SMILES string of the molecule is c1ccc2c(c1)Sc1cccc(-c3ccc(-c4cc(-c5ccc(-c6cccc7c6Sc6ccccc6S7)cc5)cc(-c5ccc(-c6cccc7c6Sc6ccccc6S7)cc5)c4)cc3)c1S2. The van der Waals surface area contributed by atoms with Crippen LogP contribution in [0, 0.1) is 0 Å². The lowest BCUT2D eigenvalue weighted by molar-refractivity contribution is 1.16. The predicted molar refractivity (Wildman–Crippen MR) is 283 cm³/mol. The fourth-order valence-corrected chi connectivity index (χ4v) is 16.2. The molecule has 0 spiro atoms. The van der Waals surface area contributed by atoms with Crippen molar-refractivity contribution < 1.29 is 0 Å². The van der Waals surface area contributed by atoms with E-state index in [1.54, 1.807) is 0 Å². The van der Waals surface area contributed by atoms with Crippen molar-refractivity contribution in [3.8, 4) is 66.8 Å². The molecule has 0 nitrogen and oxygen atoms in total. The molecule has 0 aliphatic carbocycles. The zero-order chi connectivity index (χ0) is 43.6. The Hall–Kier alpha value is -5.70. The summed E-state index contributed by atoms with van der Waals surface area (Å²) in [6.45, 7) is 0. The van der Waals surface area contributed by atoms with Gasteiger partial charge in [-0.2, -0.15) is 0 Å². The zero-order valence-electron chi connectivity index (χ0n) is 35.2. The molecular weight excluding hydrogens is 913 g/mol. The number of fused-ring (bicyclic) bond motifs is 6. The molecule has 10 aromatic rings. The lowest BCUT2D eigenvalue weighted by Gasteiger charge is -2.21. The van der Waals surface area contributed by atoms with Gasteiger partial charge in [0.15, 0.2) is 0 Å². The highest BCUT2D eigenvalue weighted by Gasteiger charge is 2.23. The average molecular weight is 949 g/mol. The van der Waals surface area contributed by atoms with Gasteiger partial charge in [-0.15, -0.1) is 0 Å². The lowest BCUT2D eigenvalue weighted by Crippen LogP contribution is -1.93. The van der Waals surface area contributed by atoms with Crippen molar-refractivity contribution in [2.45, 2.75) is 58.7 Å². The molecule has 3 heterocycles. The summed E-state index contributed by atoms with van der Waals surface area (Å²) >= 11 is 11.3. The second-order valence-electron chi connectivity index (χ2n) is 16.4. The van der Waals surface area contributed by atoms with Crippen LogP contribution in [-0.4, -0.2) is 0 Å². The van der Waals surface area contributed by atoms with Crippen molar-refractivity contribution in [2.75, 3.05) is 0 Å². The molecule has 3 aliphatic heterocycles. The van der Waals surface area contributed by atoms with Crippen LogP contribution in [0.5, 0.6) is 0 Å². The Morgan fingerprint density at radius 2 is 0.394 bits per heavy atom. The molecule has 0 N–H and O–H groups in total. The summed E-state index contributed by atoms with van der Waals surface area (Å²) in [5.41, 5.74) is 14.7. The van der Waals surface area contributed by atoms with E-state index in [4.69, 9.17) is 0 Å². The van der Waals surface area contributed by atoms with E-state index in [2.05, 4.69) is 218 Å². The van der Waals surface area contributed by atoms with E-state index in [-0.39, 0.29) is 0 Å². The van der Waals surface area contributed by atoms with Crippen molar-refractivity contribution >= 4 is 70.6 Å². The highest BCUT2D eigenvalue weighted by atomic mass is 32.2. The third kappa shape index (κ3) is 7.54. The largest absolute Gasteiger partial charge is 0.0877 e. The molecule has 0 radical (unpaired) electrons. The molecular formula is C60H36S6. The normalized spacial score (nSPS) is 13.1. The lowest BCUT2D eigenvalue weighted by atomic mass is 9.91. The number of rotatable bonds is 6. The van der Waals surface area contributed by atoms with Gasteiger partial charge in [0.1, 0.15) is 0 Å². The van der Waals surface area contributed by atoms with E-state index in [9.17, 15) is 0 Å². The minimum absolute atomic E-state index is 1.20. The summed E-state index contributed by atoms with van der Waals surface area (Å²) in [5.74, 6) is 0. The van der Waals surface area contributed by atoms with Crippen LogP contribution in [0.15, 0.2) is 277 Å². The van der Waals surface area contributed by atoms with E-state index < -0.39 is 0 Å². The maximum absolute atomic E-state index is 2.37. The summed E-state index contributed by atoms with van der Waals surface area (Å²) in [7, 11) is 0. The first-order valence-corrected chi connectivity index (χ1v) is 26.8. The highest BCUT2D eigenvalue weighted by Crippen LogP contribution is 2.54. The molecule has 0 fully saturated rings. The molecule has 0 aromatic heterocycles. The number of hydrogen-bond acceptors (Lipinski definition) is 6. The summed E-state index contributed by atoms with van der Waals surface area (Å²) in [6, 6.07) is 81.1. The Morgan fingerprint density at radius 3 is 0.667 bits per heavy atom. The molecule has 6 heteroatoms. The monoisotopic (exact) mass is 948 g/mol. The minimum atomic E-state index is 1.20. The third-order valence-corrected chi connectivity index (χ3v) is 20.1. The molecule has 0 amide bonds. The average Bonchev–Trinajstić information content (AvgIpc) is 3.38. The second-order valence-corrected chi connectivity index (χ2v) is 22.8. The Kier molecular flexibility index (Phi) is 10.6. The molecule has 13 rings (SSSR count). The first-order valence-electron chi connectivity index (χ1n) is 21.9. The van der Waals surface area contributed by atoms with Crippen LogP contribution in [0.1, 0.15) is 0 Å². The molecule has 312 valence electrons. The number of benzene rings is 10. The minimum Gasteiger partial charge on any atom is -0.0877 e. The van der Waals surface area contributed by atoms with Gasteiger partial charge in [-0.05, 0) is 140 Å². The molecule has 0 unspecified atom stereocenters. The fourth-order valence-electron chi connectivity index (χ4n) is 8.98. The van der Waals surface area contributed by atoms with Gasteiger partial charge in [-0.1, -0.05) is 216 Å². The third-order valence-electron chi connectivity index (χ3n) is 12.3. The van der Waals surface area contributed by atoms with Crippen LogP contribution < -0.4 is 0 Å². The van der Waals surface area contributed by atoms with Crippen molar-refractivity contribution in [2.24, 2.45) is 0 Å². The predicted octanol–water partition coefficient (Wildman–Crippen LogP) is 19.5. The Morgan fingerprint density at radius 1 is 0.167 bits per heavy atom. The molecule has 0 saturated heterocycles. The maximum atomic E-state index is 2.37.